The molecule has 5 rings (SSSR count). The van der Waals surface area contributed by atoms with E-state index in [1.807, 2.05) is 54.6 Å². The number of carbonyl (C=O) groups is 2. The van der Waals surface area contributed by atoms with E-state index < -0.39 is 0 Å². The summed E-state index contributed by atoms with van der Waals surface area (Å²) in [5, 5.41) is 1.79. The second kappa shape index (κ2) is 17.5. The van der Waals surface area contributed by atoms with Crippen molar-refractivity contribution >= 4 is 22.7 Å². The Hall–Kier alpha value is -4.12. The standard InChI is InChI=1S/C41H48O5/c1-2-3-4-5-6-7-8-12-27-44-38-24-21-33(22-25-38)32-15-17-34(18-16-32)41(43)46-39-26-23-35-28-37(20-19-36(35)29-39)40(42)45-30-31-13-10-9-11-14-31/h9-11,13-14,19-26,28-29,32,34H,2-8,12,15-18,27,30H2,1H3. The highest BCUT2D eigenvalue weighted by molar-refractivity contribution is 5.96. The van der Waals surface area contributed by atoms with Gasteiger partial charge in [0.1, 0.15) is 18.1 Å². The third-order valence-corrected chi connectivity index (χ3v) is 9.16. The van der Waals surface area contributed by atoms with Gasteiger partial charge in [0.25, 0.3) is 0 Å². The first-order chi connectivity index (χ1) is 22.6. The van der Waals surface area contributed by atoms with Crippen molar-refractivity contribution in [3.05, 3.63) is 108 Å². The highest BCUT2D eigenvalue weighted by Crippen LogP contribution is 2.37. The van der Waals surface area contributed by atoms with Crippen LogP contribution in [-0.4, -0.2) is 18.5 Å². The predicted molar refractivity (Wildman–Crippen MR) is 184 cm³/mol. The van der Waals surface area contributed by atoms with Crippen molar-refractivity contribution in [2.75, 3.05) is 6.61 Å². The quantitative estimate of drug-likeness (QED) is 0.0708. The molecule has 1 aliphatic carbocycles. The van der Waals surface area contributed by atoms with Gasteiger partial charge in [-0.05, 0) is 96.3 Å². The molecule has 242 valence electrons. The zero-order valence-corrected chi connectivity index (χ0v) is 27.3. The first-order valence-corrected chi connectivity index (χ1v) is 17.3. The van der Waals surface area contributed by atoms with Gasteiger partial charge in [0.05, 0.1) is 18.1 Å². The zero-order chi connectivity index (χ0) is 32.0. The Morgan fingerprint density at radius 2 is 1.33 bits per heavy atom. The number of hydrogen-bond donors (Lipinski definition) is 0. The zero-order valence-electron chi connectivity index (χ0n) is 27.3. The van der Waals surface area contributed by atoms with Gasteiger partial charge in [0.15, 0.2) is 0 Å². The summed E-state index contributed by atoms with van der Waals surface area (Å²) in [5.41, 5.74) is 2.76. The summed E-state index contributed by atoms with van der Waals surface area (Å²) in [4.78, 5) is 25.6. The largest absolute Gasteiger partial charge is 0.494 e. The summed E-state index contributed by atoms with van der Waals surface area (Å²) in [6, 6.07) is 29.1. The average Bonchev–Trinajstić information content (AvgIpc) is 3.10. The number of rotatable bonds is 16. The van der Waals surface area contributed by atoms with Gasteiger partial charge in [-0.3, -0.25) is 4.79 Å². The summed E-state index contributed by atoms with van der Waals surface area (Å²) < 4.78 is 17.3. The monoisotopic (exact) mass is 620 g/mol. The lowest BCUT2D eigenvalue weighted by Crippen LogP contribution is -2.25. The predicted octanol–water partition coefficient (Wildman–Crippen LogP) is 10.6. The van der Waals surface area contributed by atoms with E-state index in [0.717, 1.165) is 60.8 Å². The number of benzene rings is 4. The maximum absolute atomic E-state index is 13.0. The van der Waals surface area contributed by atoms with E-state index in [1.165, 1.54) is 50.5 Å². The van der Waals surface area contributed by atoms with Crippen molar-refractivity contribution in [2.45, 2.75) is 96.5 Å². The van der Waals surface area contributed by atoms with Crippen molar-refractivity contribution in [1.29, 1.82) is 0 Å². The molecule has 1 aliphatic rings. The molecule has 5 heteroatoms. The van der Waals surface area contributed by atoms with E-state index in [4.69, 9.17) is 14.2 Å². The molecule has 0 N–H and O–H groups in total. The lowest BCUT2D eigenvalue weighted by Gasteiger charge is -2.27. The first kappa shape index (κ1) is 33.2. The molecule has 0 bridgehead atoms. The van der Waals surface area contributed by atoms with E-state index in [1.54, 1.807) is 12.1 Å². The summed E-state index contributed by atoms with van der Waals surface area (Å²) in [6.45, 7) is 3.27. The molecule has 0 heterocycles. The molecular formula is C41H48O5. The molecule has 1 saturated carbocycles. The number of fused-ring (bicyclic) bond motifs is 1. The van der Waals surface area contributed by atoms with Gasteiger partial charge >= 0.3 is 11.9 Å². The van der Waals surface area contributed by atoms with Crippen LogP contribution in [0.3, 0.4) is 0 Å². The van der Waals surface area contributed by atoms with Gasteiger partial charge in [-0.15, -0.1) is 0 Å². The number of esters is 2. The molecule has 0 aromatic heterocycles. The van der Waals surface area contributed by atoms with E-state index in [2.05, 4.69) is 31.2 Å². The van der Waals surface area contributed by atoms with Crippen molar-refractivity contribution < 1.29 is 23.8 Å². The molecule has 4 aromatic carbocycles. The van der Waals surface area contributed by atoms with Crippen LogP contribution in [0.1, 0.15) is 111 Å². The van der Waals surface area contributed by atoms with Crippen molar-refractivity contribution in [2.24, 2.45) is 5.92 Å². The molecule has 0 aliphatic heterocycles. The topological polar surface area (TPSA) is 61.8 Å². The van der Waals surface area contributed by atoms with Crippen LogP contribution in [0.2, 0.25) is 0 Å². The minimum Gasteiger partial charge on any atom is -0.494 e. The average molecular weight is 621 g/mol. The molecule has 4 aromatic rings. The molecule has 46 heavy (non-hydrogen) atoms. The lowest BCUT2D eigenvalue weighted by atomic mass is 9.79. The van der Waals surface area contributed by atoms with Gasteiger partial charge in [-0.2, -0.15) is 0 Å². The van der Waals surface area contributed by atoms with E-state index in [9.17, 15) is 9.59 Å². The molecule has 0 spiro atoms. The minimum absolute atomic E-state index is 0.0945. The Bertz CT molecular complexity index is 1520. The first-order valence-electron chi connectivity index (χ1n) is 17.3. The third-order valence-electron chi connectivity index (χ3n) is 9.16. The van der Waals surface area contributed by atoms with E-state index >= 15 is 0 Å². The SMILES string of the molecule is CCCCCCCCCCOc1ccc(C2CCC(C(=O)Oc3ccc4cc(C(=O)OCc5ccccc5)ccc4c3)CC2)cc1. The summed E-state index contributed by atoms with van der Waals surface area (Å²) in [7, 11) is 0. The number of ether oxygens (including phenoxy) is 3. The fourth-order valence-electron chi connectivity index (χ4n) is 6.34. The normalized spacial score (nSPS) is 16.2. The Morgan fingerprint density at radius 3 is 2.07 bits per heavy atom. The molecule has 0 saturated heterocycles. The fourth-order valence-corrected chi connectivity index (χ4v) is 6.34. The number of carbonyl (C=O) groups excluding carboxylic acids is 2. The summed E-state index contributed by atoms with van der Waals surface area (Å²) in [6.07, 6.45) is 14.0. The van der Waals surface area contributed by atoms with Crippen LogP contribution < -0.4 is 9.47 Å². The van der Waals surface area contributed by atoms with Crippen molar-refractivity contribution in [3.63, 3.8) is 0 Å². The lowest BCUT2D eigenvalue weighted by molar-refractivity contribution is -0.140. The fraction of sp³-hybridized carbons (Fsp3) is 0.415. The maximum atomic E-state index is 13.0. The van der Waals surface area contributed by atoms with Gasteiger partial charge in [0, 0.05) is 0 Å². The van der Waals surface area contributed by atoms with Crippen LogP contribution in [0.4, 0.5) is 0 Å². The smallest absolute Gasteiger partial charge is 0.338 e. The highest BCUT2D eigenvalue weighted by atomic mass is 16.5. The van der Waals surface area contributed by atoms with Gasteiger partial charge in [0.2, 0.25) is 0 Å². The van der Waals surface area contributed by atoms with Crippen LogP contribution >= 0.6 is 0 Å². The molecule has 0 atom stereocenters. The second-order valence-corrected chi connectivity index (χ2v) is 12.6. The minimum atomic E-state index is -0.366. The van der Waals surface area contributed by atoms with Crippen LogP contribution in [0, 0.1) is 5.92 Å². The maximum Gasteiger partial charge on any atom is 0.338 e. The molecular weight excluding hydrogens is 572 g/mol. The van der Waals surface area contributed by atoms with Crippen LogP contribution in [0.5, 0.6) is 11.5 Å². The molecule has 0 unspecified atom stereocenters. The summed E-state index contributed by atoms with van der Waals surface area (Å²) in [5.74, 6) is 1.31. The molecule has 0 radical (unpaired) electrons. The van der Waals surface area contributed by atoms with Crippen LogP contribution in [0.15, 0.2) is 91.0 Å². The van der Waals surface area contributed by atoms with Crippen molar-refractivity contribution in [3.8, 4) is 11.5 Å². The number of unbranched alkanes of at least 4 members (excludes halogenated alkanes) is 7. The Kier molecular flexibility index (Phi) is 12.7. The van der Waals surface area contributed by atoms with E-state index in [-0.39, 0.29) is 24.5 Å². The van der Waals surface area contributed by atoms with Gasteiger partial charge in [-0.1, -0.05) is 106 Å². The van der Waals surface area contributed by atoms with Crippen molar-refractivity contribution in [1.82, 2.24) is 0 Å². The van der Waals surface area contributed by atoms with Gasteiger partial charge in [-0.25, -0.2) is 4.79 Å². The molecule has 1 fully saturated rings. The Morgan fingerprint density at radius 1 is 0.674 bits per heavy atom. The van der Waals surface area contributed by atoms with E-state index in [0.29, 0.717) is 17.2 Å². The molecule has 5 nitrogen and oxygen atoms in total. The Balaban J connectivity index is 1.03. The van der Waals surface area contributed by atoms with Crippen LogP contribution in [0.25, 0.3) is 10.8 Å². The summed E-state index contributed by atoms with van der Waals surface area (Å²) >= 11 is 0. The Labute approximate surface area is 274 Å². The molecule has 0 amide bonds. The van der Waals surface area contributed by atoms with Crippen LogP contribution in [-0.2, 0) is 16.1 Å². The van der Waals surface area contributed by atoms with Gasteiger partial charge < -0.3 is 14.2 Å². The number of hydrogen-bond acceptors (Lipinski definition) is 5. The second-order valence-electron chi connectivity index (χ2n) is 12.6. The third kappa shape index (κ3) is 9.94. The highest BCUT2D eigenvalue weighted by Gasteiger charge is 2.28.